The molecule has 0 spiro atoms. The summed E-state index contributed by atoms with van der Waals surface area (Å²) in [6.07, 6.45) is 3.59. The van der Waals surface area contributed by atoms with Crippen molar-refractivity contribution >= 4 is 23.7 Å². The SMILES string of the molecule is CCCC[C@@H](N)c1ccsc1.Cl. The maximum atomic E-state index is 5.93. The highest BCUT2D eigenvalue weighted by Crippen LogP contribution is 2.18. The Labute approximate surface area is 84.4 Å². The van der Waals surface area contributed by atoms with Gasteiger partial charge < -0.3 is 5.73 Å². The fourth-order valence-corrected chi connectivity index (χ4v) is 1.80. The van der Waals surface area contributed by atoms with Crippen molar-refractivity contribution in [1.29, 1.82) is 0 Å². The fourth-order valence-electron chi connectivity index (χ4n) is 1.08. The molecule has 0 bridgehead atoms. The molecule has 0 amide bonds. The lowest BCUT2D eigenvalue weighted by molar-refractivity contribution is 0.605. The quantitative estimate of drug-likeness (QED) is 0.802. The standard InChI is InChI=1S/C9H15NS.ClH/c1-2-3-4-9(10)8-5-6-11-7-8;/h5-7,9H,2-4,10H2,1H3;1H/t9-;/m1./s1. The molecule has 0 aliphatic heterocycles. The van der Waals surface area contributed by atoms with Crippen LogP contribution in [0.1, 0.15) is 37.8 Å². The van der Waals surface area contributed by atoms with Crippen molar-refractivity contribution in [2.24, 2.45) is 5.73 Å². The molecule has 1 heterocycles. The van der Waals surface area contributed by atoms with Gasteiger partial charge in [0.15, 0.2) is 0 Å². The highest BCUT2D eigenvalue weighted by Gasteiger charge is 2.03. The van der Waals surface area contributed by atoms with Gasteiger partial charge in [0.05, 0.1) is 0 Å². The zero-order valence-electron chi connectivity index (χ0n) is 7.32. The van der Waals surface area contributed by atoms with E-state index in [2.05, 4.69) is 23.8 Å². The van der Waals surface area contributed by atoms with Crippen LogP contribution in [-0.2, 0) is 0 Å². The maximum absolute atomic E-state index is 5.93. The number of hydrogen-bond donors (Lipinski definition) is 1. The zero-order valence-corrected chi connectivity index (χ0v) is 8.96. The molecule has 0 aliphatic rings. The van der Waals surface area contributed by atoms with Crippen LogP contribution in [0.15, 0.2) is 16.8 Å². The van der Waals surface area contributed by atoms with E-state index in [4.69, 9.17) is 5.73 Å². The van der Waals surface area contributed by atoms with Crippen LogP contribution in [0.25, 0.3) is 0 Å². The van der Waals surface area contributed by atoms with E-state index in [1.54, 1.807) is 11.3 Å². The third-order valence-corrected chi connectivity index (χ3v) is 2.54. The molecule has 2 N–H and O–H groups in total. The summed E-state index contributed by atoms with van der Waals surface area (Å²) in [4.78, 5) is 0. The van der Waals surface area contributed by atoms with Crippen LogP contribution in [0.3, 0.4) is 0 Å². The first-order chi connectivity index (χ1) is 5.34. The Morgan fingerprint density at radius 3 is 2.83 bits per heavy atom. The van der Waals surface area contributed by atoms with Crippen molar-refractivity contribution in [3.8, 4) is 0 Å². The average Bonchev–Trinajstić information content (AvgIpc) is 2.52. The summed E-state index contributed by atoms with van der Waals surface area (Å²) < 4.78 is 0. The monoisotopic (exact) mass is 205 g/mol. The molecule has 0 radical (unpaired) electrons. The maximum Gasteiger partial charge on any atom is 0.0303 e. The van der Waals surface area contributed by atoms with E-state index < -0.39 is 0 Å². The molecule has 1 atom stereocenters. The summed E-state index contributed by atoms with van der Waals surface area (Å²) in [6, 6.07) is 2.38. The van der Waals surface area contributed by atoms with Gasteiger partial charge in [0.25, 0.3) is 0 Å². The second-order valence-corrected chi connectivity index (χ2v) is 3.59. The first kappa shape index (κ1) is 11.9. The van der Waals surface area contributed by atoms with E-state index in [9.17, 15) is 0 Å². The smallest absolute Gasteiger partial charge is 0.0303 e. The molecule has 0 saturated heterocycles. The molecule has 0 saturated carbocycles. The number of rotatable bonds is 4. The van der Waals surface area contributed by atoms with Crippen molar-refractivity contribution < 1.29 is 0 Å². The highest BCUT2D eigenvalue weighted by atomic mass is 35.5. The normalized spacial score (nSPS) is 12.2. The summed E-state index contributed by atoms with van der Waals surface area (Å²) >= 11 is 1.72. The van der Waals surface area contributed by atoms with Gasteiger partial charge in [-0.3, -0.25) is 0 Å². The van der Waals surface area contributed by atoms with Crippen LogP contribution in [0.4, 0.5) is 0 Å². The van der Waals surface area contributed by atoms with Crippen molar-refractivity contribution in [3.05, 3.63) is 22.4 Å². The zero-order chi connectivity index (χ0) is 8.10. The molecular formula is C9H16ClNS. The van der Waals surface area contributed by atoms with Crippen LogP contribution in [0.5, 0.6) is 0 Å². The topological polar surface area (TPSA) is 26.0 Å². The van der Waals surface area contributed by atoms with Gasteiger partial charge in [0.2, 0.25) is 0 Å². The Bertz CT molecular complexity index is 186. The molecule has 0 unspecified atom stereocenters. The number of hydrogen-bond acceptors (Lipinski definition) is 2. The molecule has 1 rings (SSSR count). The lowest BCUT2D eigenvalue weighted by atomic mass is 10.1. The summed E-state index contributed by atoms with van der Waals surface area (Å²) in [7, 11) is 0. The number of nitrogens with two attached hydrogens (primary N) is 1. The third kappa shape index (κ3) is 3.57. The van der Waals surface area contributed by atoms with Gasteiger partial charge >= 0.3 is 0 Å². The predicted octanol–water partition coefficient (Wildman–Crippen LogP) is 3.36. The fraction of sp³-hybridized carbons (Fsp3) is 0.556. The van der Waals surface area contributed by atoms with Gasteiger partial charge in [-0.15, -0.1) is 12.4 Å². The van der Waals surface area contributed by atoms with Gasteiger partial charge in [-0.25, -0.2) is 0 Å². The van der Waals surface area contributed by atoms with Crippen LogP contribution >= 0.6 is 23.7 Å². The largest absolute Gasteiger partial charge is 0.324 e. The van der Waals surface area contributed by atoms with Crippen molar-refractivity contribution in [2.75, 3.05) is 0 Å². The van der Waals surface area contributed by atoms with Gasteiger partial charge in [0, 0.05) is 6.04 Å². The summed E-state index contributed by atoms with van der Waals surface area (Å²) in [5.74, 6) is 0. The van der Waals surface area contributed by atoms with Crippen molar-refractivity contribution in [2.45, 2.75) is 32.2 Å². The third-order valence-electron chi connectivity index (χ3n) is 1.84. The van der Waals surface area contributed by atoms with E-state index >= 15 is 0 Å². The van der Waals surface area contributed by atoms with E-state index in [1.165, 1.54) is 18.4 Å². The van der Waals surface area contributed by atoms with E-state index in [0.29, 0.717) is 0 Å². The molecule has 0 aromatic carbocycles. The molecule has 1 aromatic heterocycles. The second-order valence-electron chi connectivity index (χ2n) is 2.81. The lowest BCUT2D eigenvalue weighted by Gasteiger charge is -2.07. The molecule has 3 heteroatoms. The molecule has 0 aliphatic carbocycles. The lowest BCUT2D eigenvalue weighted by Crippen LogP contribution is -2.08. The van der Waals surface area contributed by atoms with Gasteiger partial charge in [-0.2, -0.15) is 11.3 Å². The number of thiophene rings is 1. The Kier molecular flexibility index (Phi) is 6.44. The van der Waals surface area contributed by atoms with Crippen LogP contribution in [0.2, 0.25) is 0 Å². The van der Waals surface area contributed by atoms with Gasteiger partial charge in [-0.05, 0) is 28.8 Å². The van der Waals surface area contributed by atoms with Crippen molar-refractivity contribution in [3.63, 3.8) is 0 Å². The first-order valence-electron chi connectivity index (χ1n) is 4.12. The number of halogens is 1. The molecule has 0 fully saturated rings. The van der Waals surface area contributed by atoms with E-state index in [0.717, 1.165) is 6.42 Å². The molecule has 70 valence electrons. The Morgan fingerprint density at radius 1 is 1.58 bits per heavy atom. The predicted molar refractivity (Wildman–Crippen MR) is 58.0 cm³/mol. The second kappa shape index (κ2) is 6.46. The van der Waals surface area contributed by atoms with E-state index in [-0.39, 0.29) is 18.4 Å². The van der Waals surface area contributed by atoms with Crippen molar-refractivity contribution in [1.82, 2.24) is 0 Å². The molecule has 12 heavy (non-hydrogen) atoms. The minimum Gasteiger partial charge on any atom is -0.324 e. The minimum atomic E-state index is 0. The van der Waals surface area contributed by atoms with Crippen LogP contribution in [0, 0.1) is 0 Å². The average molecular weight is 206 g/mol. The Hall–Kier alpha value is -0.0500. The summed E-state index contributed by atoms with van der Waals surface area (Å²) in [5.41, 5.74) is 7.23. The first-order valence-corrected chi connectivity index (χ1v) is 5.06. The van der Waals surface area contributed by atoms with Gasteiger partial charge in [0.1, 0.15) is 0 Å². The molecule has 1 nitrogen and oxygen atoms in total. The summed E-state index contributed by atoms with van der Waals surface area (Å²) in [6.45, 7) is 2.19. The molecule has 1 aromatic rings. The molecular weight excluding hydrogens is 190 g/mol. The van der Waals surface area contributed by atoms with E-state index in [1.807, 2.05) is 0 Å². The van der Waals surface area contributed by atoms with Crippen LogP contribution < -0.4 is 5.73 Å². The van der Waals surface area contributed by atoms with Crippen LogP contribution in [-0.4, -0.2) is 0 Å². The Balaban J connectivity index is 0.00000121. The Morgan fingerprint density at radius 2 is 2.33 bits per heavy atom. The van der Waals surface area contributed by atoms with Gasteiger partial charge in [-0.1, -0.05) is 19.8 Å². The number of unbranched alkanes of at least 4 members (excludes halogenated alkanes) is 1. The minimum absolute atomic E-state index is 0. The highest BCUT2D eigenvalue weighted by molar-refractivity contribution is 7.07. The summed E-state index contributed by atoms with van der Waals surface area (Å²) in [5, 5.41) is 4.22.